The van der Waals surface area contributed by atoms with E-state index in [0.717, 1.165) is 59.9 Å². The van der Waals surface area contributed by atoms with E-state index in [0.29, 0.717) is 24.3 Å². The maximum Gasteiger partial charge on any atom is 0.326 e. The summed E-state index contributed by atoms with van der Waals surface area (Å²) >= 11 is 0. The highest BCUT2D eigenvalue weighted by Gasteiger charge is 2.25. The molecule has 3 aromatic carbocycles. The summed E-state index contributed by atoms with van der Waals surface area (Å²) in [7, 11) is -3.39. The highest BCUT2D eigenvalue weighted by atomic mass is 32.2. The minimum Gasteiger partial charge on any atom is -0.493 e. The number of carboxylic acid groups (broad SMARTS) is 1. The summed E-state index contributed by atoms with van der Waals surface area (Å²) in [4.78, 5) is 25.2. The lowest BCUT2D eigenvalue weighted by molar-refractivity contribution is -0.139. The van der Waals surface area contributed by atoms with E-state index in [1.807, 2.05) is 43.3 Å². The molecule has 4 rings (SSSR count). The van der Waals surface area contributed by atoms with Gasteiger partial charge in [0.2, 0.25) is 0 Å². The first-order valence-electron chi connectivity index (χ1n) is 14.3. The van der Waals surface area contributed by atoms with E-state index >= 15 is 0 Å². The second kappa shape index (κ2) is 14.0. The van der Waals surface area contributed by atoms with Crippen molar-refractivity contribution in [3.8, 4) is 16.9 Å². The van der Waals surface area contributed by atoms with E-state index in [2.05, 4.69) is 30.4 Å². The topological polar surface area (TPSA) is 119 Å². The van der Waals surface area contributed by atoms with E-state index in [9.17, 15) is 23.1 Å². The highest BCUT2D eigenvalue weighted by Crippen LogP contribution is 2.33. The number of rotatable bonds is 14. The predicted octanol–water partition coefficient (Wildman–Crippen LogP) is 5.66. The summed E-state index contributed by atoms with van der Waals surface area (Å²) in [5, 5.41) is 12.2. The van der Waals surface area contributed by atoms with Crippen molar-refractivity contribution in [1.29, 1.82) is 0 Å². The molecule has 0 saturated heterocycles. The van der Waals surface area contributed by atoms with Crippen molar-refractivity contribution < 1.29 is 32.6 Å². The van der Waals surface area contributed by atoms with Crippen LogP contribution in [0, 0.1) is 6.92 Å². The van der Waals surface area contributed by atoms with Gasteiger partial charge in [-0.25, -0.2) is 13.2 Å². The zero-order valence-corrected chi connectivity index (χ0v) is 25.2. The van der Waals surface area contributed by atoms with Crippen LogP contribution >= 0.6 is 0 Å². The van der Waals surface area contributed by atoms with Gasteiger partial charge in [0.25, 0.3) is 5.91 Å². The van der Waals surface area contributed by atoms with Crippen LogP contribution in [0.1, 0.15) is 71.3 Å². The zero-order valence-electron chi connectivity index (χ0n) is 24.4. The van der Waals surface area contributed by atoms with Crippen LogP contribution in [0.25, 0.3) is 11.1 Å². The van der Waals surface area contributed by atoms with Gasteiger partial charge in [0.05, 0.1) is 25.1 Å². The van der Waals surface area contributed by atoms with Gasteiger partial charge in [-0.05, 0) is 71.3 Å². The smallest absolute Gasteiger partial charge is 0.326 e. The molecule has 0 bridgehead atoms. The Morgan fingerprint density at radius 1 is 1.05 bits per heavy atom. The van der Waals surface area contributed by atoms with Crippen LogP contribution in [0.4, 0.5) is 0 Å². The van der Waals surface area contributed by atoms with Crippen LogP contribution < -0.4 is 10.1 Å². The lowest BCUT2D eigenvalue weighted by Gasteiger charge is -2.20. The fourth-order valence-corrected chi connectivity index (χ4v) is 5.78. The molecule has 3 aromatic rings. The molecule has 1 aliphatic heterocycles. The molecule has 0 saturated carbocycles. The molecule has 42 heavy (non-hydrogen) atoms. The third-order valence-electron chi connectivity index (χ3n) is 7.51. The molecule has 0 aromatic heterocycles. The van der Waals surface area contributed by atoms with Crippen LogP contribution in [0.5, 0.6) is 5.75 Å². The minimum absolute atomic E-state index is 0.115. The molecule has 0 radical (unpaired) electrons. The number of ether oxygens (including phenoxy) is 2. The lowest BCUT2D eigenvalue weighted by Crippen LogP contribution is -2.42. The number of amides is 1. The van der Waals surface area contributed by atoms with E-state index < -0.39 is 27.8 Å². The van der Waals surface area contributed by atoms with E-state index in [-0.39, 0.29) is 18.3 Å². The van der Waals surface area contributed by atoms with Crippen molar-refractivity contribution in [2.24, 2.45) is 0 Å². The molecule has 1 aliphatic rings. The molecule has 0 fully saturated rings. The van der Waals surface area contributed by atoms with Crippen LogP contribution in [0.15, 0.2) is 60.7 Å². The monoisotopic (exact) mass is 593 g/mol. The van der Waals surface area contributed by atoms with Crippen molar-refractivity contribution in [3.63, 3.8) is 0 Å². The number of carboxylic acids is 1. The van der Waals surface area contributed by atoms with E-state index in [1.165, 1.54) is 5.56 Å². The van der Waals surface area contributed by atoms with Crippen LogP contribution in [0.2, 0.25) is 0 Å². The molecule has 9 heteroatoms. The molecule has 0 spiro atoms. The van der Waals surface area contributed by atoms with Crippen molar-refractivity contribution in [2.45, 2.75) is 64.7 Å². The largest absolute Gasteiger partial charge is 0.493 e. The van der Waals surface area contributed by atoms with Gasteiger partial charge in [0.15, 0.2) is 0 Å². The number of sulfone groups is 1. The fourth-order valence-electron chi connectivity index (χ4n) is 5.12. The lowest BCUT2D eigenvalue weighted by atomic mass is 9.93. The normalized spacial score (nSPS) is 14.1. The highest BCUT2D eigenvalue weighted by molar-refractivity contribution is 7.90. The molecule has 1 amide bonds. The van der Waals surface area contributed by atoms with Gasteiger partial charge in [0, 0.05) is 18.2 Å². The van der Waals surface area contributed by atoms with Gasteiger partial charge in [-0.3, -0.25) is 4.79 Å². The second-order valence-electron chi connectivity index (χ2n) is 10.9. The molecule has 224 valence electrons. The first-order valence-corrected chi connectivity index (χ1v) is 16.4. The second-order valence-corrected chi connectivity index (χ2v) is 13.1. The van der Waals surface area contributed by atoms with Gasteiger partial charge in [-0.1, -0.05) is 62.2 Å². The third-order valence-corrected chi connectivity index (χ3v) is 8.48. The molecule has 2 N–H and O–H groups in total. The number of hydrogen-bond donors (Lipinski definition) is 2. The summed E-state index contributed by atoms with van der Waals surface area (Å²) < 4.78 is 35.5. The Balaban J connectivity index is 1.60. The Hall–Kier alpha value is -3.69. The number of unbranched alkanes of at least 4 members (excludes halogenated alkanes) is 1. The van der Waals surface area contributed by atoms with Gasteiger partial charge < -0.3 is 19.9 Å². The third kappa shape index (κ3) is 8.20. The number of aliphatic carboxylic acids is 1. The summed E-state index contributed by atoms with van der Waals surface area (Å²) in [5.74, 6) is -1.29. The zero-order chi connectivity index (χ0) is 30.3. The average Bonchev–Trinajstić information content (AvgIpc) is 3.43. The van der Waals surface area contributed by atoms with Crippen molar-refractivity contribution in [2.75, 3.05) is 18.6 Å². The first-order chi connectivity index (χ1) is 20.1. The maximum atomic E-state index is 13.4. The first kappa shape index (κ1) is 31.3. The van der Waals surface area contributed by atoms with Crippen LogP contribution in [-0.2, 0) is 32.4 Å². The molecular weight excluding hydrogens is 554 g/mol. The molecule has 1 heterocycles. The quantitative estimate of drug-likeness (QED) is 0.247. The number of benzene rings is 3. The Morgan fingerprint density at radius 2 is 1.83 bits per heavy atom. The van der Waals surface area contributed by atoms with Gasteiger partial charge in [-0.15, -0.1) is 0 Å². The fraction of sp³-hybridized carbons (Fsp3) is 0.394. The summed E-state index contributed by atoms with van der Waals surface area (Å²) in [5.41, 5.74) is 5.91. The Morgan fingerprint density at radius 3 is 2.55 bits per heavy atom. The number of fused-ring (bicyclic) bond motifs is 1. The number of nitrogens with one attached hydrogen (secondary N) is 1. The number of carbonyl (C=O) groups excluding carboxylic acids is 1. The summed E-state index contributed by atoms with van der Waals surface area (Å²) in [6.45, 7) is 5.12. The van der Waals surface area contributed by atoms with Crippen molar-refractivity contribution >= 4 is 21.7 Å². The average molecular weight is 594 g/mol. The maximum absolute atomic E-state index is 13.4. The Kier molecular flexibility index (Phi) is 10.4. The van der Waals surface area contributed by atoms with Gasteiger partial charge in [-0.2, -0.15) is 0 Å². The SMILES string of the molecule is CCCCC(OCc1ccc(C(=O)NC(CCS(C)(=O)=O)C(=O)O)c(-c2ccccc2C)c1)c1ccc2c(c1)OCC2. The van der Waals surface area contributed by atoms with Crippen LogP contribution in [0.3, 0.4) is 0 Å². The molecule has 2 unspecified atom stereocenters. The molecule has 2 atom stereocenters. The van der Waals surface area contributed by atoms with Crippen molar-refractivity contribution in [3.05, 3.63) is 88.5 Å². The van der Waals surface area contributed by atoms with Gasteiger partial charge in [0.1, 0.15) is 21.6 Å². The van der Waals surface area contributed by atoms with Gasteiger partial charge >= 0.3 is 5.97 Å². The summed E-state index contributed by atoms with van der Waals surface area (Å²) in [6.07, 6.45) is 4.54. The number of carbonyl (C=O) groups is 2. The Bertz CT molecular complexity index is 1530. The predicted molar refractivity (Wildman–Crippen MR) is 163 cm³/mol. The van der Waals surface area contributed by atoms with Crippen LogP contribution in [-0.4, -0.2) is 50.1 Å². The van der Waals surface area contributed by atoms with E-state index in [4.69, 9.17) is 9.47 Å². The van der Waals surface area contributed by atoms with Crippen molar-refractivity contribution in [1.82, 2.24) is 5.32 Å². The summed E-state index contributed by atoms with van der Waals surface area (Å²) in [6, 6.07) is 18.0. The number of aryl methyl sites for hydroxylation is 1. The minimum atomic E-state index is -3.39. The molecule has 0 aliphatic carbocycles. The molecular formula is C33H39NO7S. The number of hydrogen-bond acceptors (Lipinski definition) is 6. The van der Waals surface area contributed by atoms with E-state index in [1.54, 1.807) is 6.07 Å². The Labute approximate surface area is 248 Å². The standard InChI is InChI=1S/C33H39NO7S/c1-4-5-10-30(25-13-12-24-15-17-40-31(24)20-25)41-21-23-11-14-27(28(19-23)26-9-7-6-8-22(26)2)32(35)34-29(33(36)37)16-18-42(3,38)39/h6-9,11-14,19-20,29-30H,4-5,10,15-18,21H2,1-3H3,(H,34,35)(H,36,37). The molecule has 8 nitrogen and oxygen atoms in total.